The van der Waals surface area contributed by atoms with Crippen LogP contribution in [0.4, 0.5) is 0 Å². The predicted octanol–water partition coefficient (Wildman–Crippen LogP) is 4.34. The highest BCUT2D eigenvalue weighted by Gasteiger charge is 2.47. The Morgan fingerprint density at radius 3 is 2.20 bits per heavy atom. The van der Waals surface area contributed by atoms with Gasteiger partial charge in [0.15, 0.2) is 0 Å². The molecular formula is C33H39N3O4. The first-order chi connectivity index (χ1) is 19.4. The summed E-state index contributed by atoms with van der Waals surface area (Å²) >= 11 is 0. The molecule has 210 valence electrons. The second kappa shape index (κ2) is 12.6. The molecule has 3 atom stereocenters. The lowest BCUT2D eigenvalue weighted by molar-refractivity contribution is -0.144. The fourth-order valence-corrected chi connectivity index (χ4v) is 6.33. The van der Waals surface area contributed by atoms with E-state index in [2.05, 4.69) is 5.32 Å². The standard InChI is InChI=1S/C33H39N3O4/c1-23-11-5-6-14-25(23)22-36(30(37)19-20-35-32(39)27-17-9-10-18-28(27)33(35)40)29(21-24-12-3-2-4-13-24)31(38)34-26-15-7-8-16-26/h2-6,9-14,26-29H,7-8,15-22H2,1H3,(H,34,38)/t27-,28+,29-/m0/s1. The predicted molar refractivity (Wildman–Crippen MR) is 153 cm³/mol. The van der Waals surface area contributed by atoms with Gasteiger partial charge in [-0.25, -0.2) is 0 Å². The lowest BCUT2D eigenvalue weighted by Crippen LogP contribution is -2.52. The Morgan fingerprint density at radius 2 is 1.55 bits per heavy atom. The summed E-state index contributed by atoms with van der Waals surface area (Å²) in [7, 11) is 0. The van der Waals surface area contributed by atoms with Gasteiger partial charge in [-0.2, -0.15) is 0 Å². The quantitative estimate of drug-likeness (QED) is 0.358. The molecule has 40 heavy (non-hydrogen) atoms. The fourth-order valence-electron chi connectivity index (χ4n) is 6.33. The number of nitrogens with zero attached hydrogens (tertiary/aromatic N) is 2. The number of hydrogen-bond donors (Lipinski definition) is 1. The van der Waals surface area contributed by atoms with Crippen LogP contribution in [0.3, 0.4) is 0 Å². The minimum atomic E-state index is -0.716. The van der Waals surface area contributed by atoms with Gasteiger partial charge >= 0.3 is 0 Å². The Bertz CT molecular complexity index is 1240. The molecule has 2 aromatic rings. The summed E-state index contributed by atoms with van der Waals surface area (Å²) in [5.74, 6) is -1.39. The lowest BCUT2D eigenvalue weighted by Gasteiger charge is -2.33. The highest BCUT2D eigenvalue weighted by molar-refractivity contribution is 6.05. The van der Waals surface area contributed by atoms with Crippen molar-refractivity contribution in [1.29, 1.82) is 0 Å². The zero-order chi connectivity index (χ0) is 28.1. The van der Waals surface area contributed by atoms with Gasteiger partial charge < -0.3 is 10.2 Å². The molecule has 0 aromatic heterocycles. The van der Waals surface area contributed by atoms with Gasteiger partial charge in [0.25, 0.3) is 0 Å². The first-order valence-electron chi connectivity index (χ1n) is 14.6. The van der Waals surface area contributed by atoms with E-state index in [1.165, 1.54) is 4.90 Å². The van der Waals surface area contributed by atoms with Crippen LogP contribution < -0.4 is 5.32 Å². The minimum absolute atomic E-state index is 0.0156. The summed E-state index contributed by atoms with van der Waals surface area (Å²) < 4.78 is 0. The van der Waals surface area contributed by atoms with E-state index < -0.39 is 6.04 Å². The number of hydrogen-bond acceptors (Lipinski definition) is 4. The number of likely N-dealkylation sites (tertiary alicyclic amines) is 1. The first-order valence-corrected chi connectivity index (χ1v) is 14.6. The smallest absolute Gasteiger partial charge is 0.243 e. The SMILES string of the molecule is Cc1ccccc1CN(C(=O)CCN1C(=O)[C@H]2CC=CC[C@H]2C1=O)[C@@H](Cc1ccccc1)C(=O)NC1CCCC1. The molecular weight excluding hydrogens is 502 g/mol. The van der Waals surface area contributed by atoms with Gasteiger partial charge in [0.05, 0.1) is 11.8 Å². The van der Waals surface area contributed by atoms with E-state index in [1.54, 1.807) is 4.90 Å². The number of benzene rings is 2. The summed E-state index contributed by atoms with van der Waals surface area (Å²) in [6.45, 7) is 2.31. The summed E-state index contributed by atoms with van der Waals surface area (Å²) in [5.41, 5.74) is 2.97. The van der Waals surface area contributed by atoms with Gasteiger partial charge in [-0.1, -0.05) is 79.6 Å². The monoisotopic (exact) mass is 541 g/mol. The van der Waals surface area contributed by atoms with E-state index in [9.17, 15) is 19.2 Å². The van der Waals surface area contributed by atoms with Gasteiger partial charge in [0.2, 0.25) is 23.6 Å². The van der Waals surface area contributed by atoms with Crippen molar-refractivity contribution in [3.05, 3.63) is 83.4 Å². The molecule has 0 bridgehead atoms. The molecule has 2 aliphatic carbocycles. The summed E-state index contributed by atoms with van der Waals surface area (Å²) in [6, 6.07) is 17.0. The van der Waals surface area contributed by atoms with Gasteiger partial charge in [0.1, 0.15) is 6.04 Å². The minimum Gasteiger partial charge on any atom is -0.352 e. The Labute approximate surface area is 236 Å². The van der Waals surface area contributed by atoms with Crippen molar-refractivity contribution < 1.29 is 19.2 Å². The first kappa shape index (κ1) is 27.8. The fraction of sp³-hybridized carbons (Fsp3) is 0.455. The maximum atomic E-state index is 14.0. The number of amides is 4. The summed E-state index contributed by atoms with van der Waals surface area (Å²) in [4.78, 5) is 56.8. The molecule has 0 radical (unpaired) electrons. The third-order valence-electron chi connectivity index (χ3n) is 8.72. The Morgan fingerprint density at radius 1 is 0.925 bits per heavy atom. The van der Waals surface area contributed by atoms with Crippen molar-refractivity contribution in [1.82, 2.24) is 15.1 Å². The molecule has 0 spiro atoms. The molecule has 1 N–H and O–H groups in total. The van der Waals surface area contributed by atoms with Crippen molar-refractivity contribution in [2.45, 2.75) is 76.9 Å². The molecule has 3 aliphatic rings. The van der Waals surface area contributed by atoms with Gasteiger partial charge in [0, 0.05) is 32.0 Å². The van der Waals surface area contributed by atoms with Crippen molar-refractivity contribution in [3.8, 4) is 0 Å². The van der Waals surface area contributed by atoms with Crippen LogP contribution in [-0.4, -0.2) is 52.1 Å². The molecule has 1 aliphatic heterocycles. The van der Waals surface area contributed by atoms with Crippen LogP contribution in [0.15, 0.2) is 66.7 Å². The van der Waals surface area contributed by atoms with E-state index >= 15 is 0 Å². The molecule has 1 heterocycles. The van der Waals surface area contributed by atoms with E-state index in [0.29, 0.717) is 19.3 Å². The van der Waals surface area contributed by atoms with Gasteiger partial charge in [-0.15, -0.1) is 0 Å². The highest BCUT2D eigenvalue weighted by Crippen LogP contribution is 2.35. The molecule has 7 heteroatoms. The number of carbonyl (C=O) groups is 4. The molecule has 2 fully saturated rings. The number of carbonyl (C=O) groups excluding carboxylic acids is 4. The molecule has 0 unspecified atom stereocenters. The van der Waals surface area contributed by atoms with Crippen LogP contribution in [0.5, 0.6) is 0 Å². The average Bonchev–Trinajstić information content (AvgIpc) is 3.57. The topological polar surface area (TPSA) is 86.8 Å². The Balaban J connectivity index is 1.39. The average molecular weight is 542 g/mol. The zero-order valence-electron chi connectivity index (χ0n) is 23.3. The van der Waals surface area contributed by atoms with Crippen molar-refractivity contribution >= 4 is 23.6 Å². The third kappa shape index (κ3) is 6.19. The van der Waals surface area contributed by atoms with Crippen molar-refractivity contribution in [2.24, 2.45) is 11.8 Å². The van der Waals surface area contributed by atoms with Crippen LogP contribution in [0.25, 0.3) is 0 Å². The molecule has 5 rings (SSSR count). The van der Waals surface area contributed by atoms with Crippen LogP contribution in [0.2, 0.25) is 0 Å². The van der Waals surface area contributed by atoms with Crippen LogP contribution >= 0.6 is 0 Å². The van der Waals surface area contributed by atoms with Crippen LogP contribution in [-0.2, 0) is 32.1 Å². The number of allylic oxidation sites excluding steroid dienone is 2. The Kier molecular flexibility index (Phi) is 8.78. The molecule has 7 nitrogen and oxygen atoms in total. The normalized spacial score (nSPS) is 21.4. The number of rotatable bonds is 10. The zero-order valence-corrected chi connectivity index (χ0v) is 23.3. The summed E-state index contributed by atoms with van der Waals surface area (Å²) in [5, 5.41) is 3.22. The molecule has 1 saturated heterocycles. The Hall–Kier alpha value is -3.74. The van der Waals surface area contributed by atoms with Gasteiger partial charge in [-0.05, 0) is 49.3 Å². The number of imide groups is 1. The maximum absolute atomic E-state index is 14.0. The number of nitrogens with one attached hydrogen (secondary N) is 1. The second-order valence-electron chi connectivity index (χ2n) is 11.4. The molecule has 4 amide bonds. The third-order valence-corrected chi connectivity index (χ3v) is 8.72. The number of aryl methyl sites for hydroxylation is 1. The van der Waals surface area contributed by atoms with E-state index in [-0.39, 0.29) is 61.0 Å². The van der Waals surface area contributed by atoms with Crippen molar-refractivity contribution in [2.75, 3.05) is 6.54 Å². The molecule has 2 aromatic carbocycles. The lowest BCUT2D eigenvalue weighted by atomic mass is 9.85. The summed E-state index contributed by atoms with van der Waals surface area (Å²) in [6.07, 6.45) is 9.51. The number of fused-ring (bicyclic) bond motifs is 1. The van der Waals surface area contributed by atoms with Crippen molar-refractivity contribution in [3.63, 3.8) is 0 Å². The highest BCUT2D eigenvalue weighted by atomic mass is 16.2. The van der Waals surface area contributed by atoms with E-state index in [1.807, 2.05) is 73.7 Å². The van der Waals surface area contributed by atoms with E-state index in [4.69, 9.17) is 0 Å². The maximum Gasteiger partial charge on any atom is 0.243 e. The van der Waals surface area contributed by atoms with Crippen LogP contribution in [0, 0.1) is 18.8 Å². The molecule has 1 saturated carbocycles. The largest absolute Gasteiger partial charge is 0.352 e. The second-order valence-corrected chi connectivity index (χ2v) is 11.4. The van der Waals surface area contributed by atoms with E-state index in [0.717, 1.165) is 42.4 Å². The van der Waals surface area contributed by atoms with Crippen LogP contribution in [0.1, 0.15) is 61.6 Å². The van der Waals surface area contributed by atoms with Gasteiger partial charge in [-0.3, -0.25) is 24.1 Å².